The number of hydrogen-bond donors (Lipinski definition) is 0. The maximum atomic E-state index is 7.15. The van der Waals surface area contributed by atoms with E-state index >= 15 is 0 Å². The van der Waals surface area contributed by atoms with Crippen LogP contribution >= 0.6 is 0 Å². The molecule has 0 radical (unpaired) electrons. The average molecular weight is 874 g/mol. The van der Waals surface area contributed by atoms with Crippen LogP contribution in [-0.2, 0) is 5.41 Å². The van der Waals surface area contributed by atoms with Crippen LogP contribution < -0.4 is 46.8 Å². The number of fused-ring (bicyclic) bond motifs is 8. The number of nitrogens with zero attached hydrogens (tertiary/aromatic N) is 1. The third-order valence-electron chi connectivity index (χ3n) is 14.8. The maximum absolute atomic E-state index is 7.15. The molecular weight excluding hydrogens is 826 g/mol. The van der Waals surface area contributed by atoms with E-state index in [4.69, 9.17) is 4.74 Å². The summed E-state index contributed by atoms with van der Waals surface area (Å²) in [6.07, 6.45) is 0. The Morgan fingerprint density at radius 3 is 1.84 bits per heavy atom. The lowest BCUT2D eigenvalue weighted by atomic mass is 9.34. The summed E-state index contributed by atoms with van der Waals surface area (Å²) in [6, 6.07) is 82.4. The molecule has 10 aromatic rings. The second-order valence-corrected chi connectivity index (χ2v) is 23.4. The molecule has 67 heavy (non-hydrogen) atoms. The fraction of sp³-hybridized carbons (Fsp3) is 0.0794. The van der Waals surface area contributed by atoms with Crippen LogP contribution in [0.2, 0.25) is 0 Å². The van der Waals surface area contributed by atoms with Crippen LogP contribution in [-0.4, -0.2) is 14.8 Å². The summed E-state index contributed by atoms with van der Waals surface area (Å²) in [5.41, 5.74) is 17.1. The van der Waals surface area contributed by atoms with Gasteiger partial charge in [0.25, 0.3) is 6.71 Å². The highest BCUT2D eigenvalue weighted by atomic mass is 28.3. The van der Waals surface area contributed by atoms with E-state index in [2.05, 4.69) is 251 Å². The van der Waals surface area contributed by atoms with Crippen molar-refractivity contribution in [1.82, 2.24) is 0 Å². The minimum absolute atomic E-state index is 0.0386. The number of anilines is 3. The molecule has 0 saturated carbocycles. The summed E-state index contributed by atoms with van der Waals surface area (Å²) in [6.45, 7) is 9.05. The van der Waals surface area contributed by atoms with Gasteiger partial charge in [-0.1, -0.05) is 197 Å². The van der Waals surface area contributed by atoms with Crippen LogP contribution in [0.4, 0.5) is 17.1 Å². The Morgan fingerprint density at radius 1 is 0.433 bits per heavy atom. The Hall–Kier alpha value is -7.66. The van der Waals surface area contributed by atoms with Gasteiger partial charge in [-0.15, -0.1) is 0 Å². The second-order valence-electron chi connectivity index (χ2n) is 19.7. The van der Waals surface area contributed by atoms with Gasteiger partial charge in [-0.25, -0.2) is 0 Å². The molecule has 0 saturated heterocycles. The molecule has 2 nitrogen and oxygen atoms in total. The van der Waals surface area contributed by atoms with E-state index < -0.39 is 8.07 Å². The van der Waals surface area contributed by atoms with Gasteiger partial charge in [-0.2, -0.15) is 0 Å². The molecule has 10 aromatic carbocycles. The highest BCUT2D eigenvalue weighted by Gasteiger charge is 2.51. The summed E-state index contributed by atoms with van der Waals surface area (Å²) >= 11 is 0. The molecular formula is C63H48BNOSi. The maximum Gasteiger partial charge on any atom is 0.256 e. The van der Waals surface area contributed by atoms with Gasteiger partial charge < -0.3 is 9.64 Å². The van der Waals surface area contributed by atoms with E-state index in [1.807, 2.05) is 0 Å². The zero-order valence-corrected chi connectivity index (χ0v) is 39.2. The molecule has 0 unspecified atom stereocenters. The molecule has 0 bridgehead atoms. The zero-order valence-electron chi connectivity index (χ0n) is 38.2. The standard InChI is InChI=1S/C63H48BNOSi/c1-41-34-57-62-59(35-41)66-58-33-30-46(45-29-28-42-18-14-15-21-44(42)36-45)37-54(58)64(62)53-40-61-52(39-56(53)65(57)55-32-31-47(63(2,3)4)38-51(55)43-19-8-5-9-20-43)50-26-16-17-27-60(50)67(61,48-22-10-6-11-23-48)49-24-12-7-13-25-49/h5-40H,1-4H3. The van der Waals surface area contributed by atoms with E-state index in [1.165, 1.54) is 92.5 Å². The molecule has 3 aliphatic rings. The fourth-order valence-electron chi connectivity index (χ4n) is 11.7. The fourth-order valence-corrected chi connectivity index (χ4v) is 16.9. The van der Waals surface area contributed by atoms with Gasteiger partial charge in [0.2, 0.25) is 0 Å². The van der Waals surface area contributed by atoms with Gasteiger partial charge in [0, 0.05) is 16.9 Å². The monoisotopic (exact) mass is 873 g/mol. The Bertz CT molecular complexity index is 3580. The minimum atomic E-state index is -2.85. The first-order chi connectivity index (χ1) is 32.8. The molecule has 3 heterocycles. The first-order valence-corrected chi connectivity index (χ1v) is 25.6. The Labute approximate surface area is 394 Å². The van der Waals surface area contributed by atoms with Crippen LogP contribution in [0.25, 0.3) is 44.2 Å². The number of benzene rings is 10. The molecule has 0 aromatic heterocycles. The highest BCUT2D eigenvalue weighted by molar-refractivity contribution is 7.22. The average Bonchev–Trinajstić information content (AvgIpc) is 3.65. The van der Waals surface area contributed by atoms with Crippen LogP contribution in [0.1, 0.15) is 31.9 Å². The van der Waals surface area contributed by atoms with Gasteiger partial charge in [0.1, 0.15) is 11.5 Å². The first kappa shape index (κ1) is 39.7. The molecule has 0 spiro atoms. The SMILES string of the molecule is Cc1cc2c3c(c1)N(c1ccc(C(C)(C)C)cc1-c1ccccc1)c1cc4c(cc1B3c1cc(-c3ccc5ccccc5c3)ccc1O2)[Si](c1ccccc1)(c1ccccc1)c1ccccc1-4. The van der Waals surface area contributed by atoms with Gasteiger partial charge in [-0.3, -0.25) is 0 Å². The third kappa shape index (κ3) is 6.02. The molecule has 3 aliphatic heterocycles. The number of rotatable bonds is 5. The summed E-state index contributed by atoms with van der Waals surface area (Å²) in [5.74, 6) is 1.84. The lowest BCUT2D eigenvalue weighted by Crippen LogP contribution is -2.73. The highest BCUT2D eigenvalue weighted by Crippen LogP contribution is 2.47. The zero-order chi connectivity index (χ0) is 45.0. The molecule has 4 heteroatoms. The lowest BCUT2D eigenvalue weighted by molar-refractivity contribution is 0.487. The lowest BCUT2D eigenvalue weighted by Gasteiger charge is -2.42. The first-order valence-electron chi connectivity index (χ1n) is 23.6. The second kappa shape index (κ2) is 14.9. The van der Waals surface area contributed by atoms with Crippen molar-refractivity contribution in [3.05, 3.63) is 230 Å². The molecule has 318 valence electrons. The van der Waals surface area contributed by atoms with Crippen molar-refractivity contribution in [3.63, 3.8) is 0 Å². The van der Waals surface area contributed by atoms with Gasteiger partial charge in [-0.05, 0) is 142 Å². The van der Waals surface area contributed by atoms with Crippen molar-refractivity contribution in [1.29, 1.82) is 0 Å². The smallest absolute Gasteiger partial charge is 0.256 e. The Kier molecular flexibility index (Phi) is 8.85. The van der Waals surface area contributed by atoms with E-state index in [-0.39, 0.29) is 12.1 Å². The van der Waals surface area contributed by atoms with Gasteiger partial charge in [0.15, 0.2) is 8.07 Å². The summed E-state index contributed by atoms with van der Waals surface area (Å²) in [7, 11) is -2.85. The quantitative estimate of drug-likeness (QED) is 0.160. The summed E-state index contributed by atoms with van der Waals surface area (Å²) in [4.78, 5) is 2.59. The van der Waals surface area contributed by atoms with Gasteiger partial charge >= 0.3 is 0 Å². The number of aryl methyl sites for hydroxylation is 1. The molecule has 0 atom stereocenters. The number of ether oxygens (including phenoxy) is 1. The summed E-state index contributed by atoms with van der Waals surface area (Å²) in [5, 5.41) is 8.15. The van der Waals surface area contributed by atoms with Crippen LogP contribution in [0.3, 0.4) is 0 Å². The van der Waals surface area contributed by atoms with Crippen molar-refractivity contribution in [2.75, 3.05) is 4.90 Å². The van der Waals surface area contributed by atoms with Crippen molar-refractivity contribution in [2.24, 2.45) is 0 Å². The Balaban J connectivity index is 1.15. The van der Waals surface area contributed by atoms with Crippen LogP contribution in [0.5, 0.6) is 11.5 Å². The Morgan fingerprint density at radius 2 is 1.09 bits per heavy atom. The van der Waals surface area contributed by atoms with E-state index in [9.17, 15) is 0 Å². The molecule has 13 rings (SSSR count). The van der Waals surface area contributed by atoms with E-state index in [1.54, 1.807) is 0 Å². The largest absolute Gasteiger partial charge is 0.458 e. The van der Waals surface area contributed by atoms with E-state index in [0.29, 0.717) is 0 Å². The predicted molar refractivity (Wildman–Crippen MR) is 287 cm³/mol. The molecule has 0 amide bonds. The summed E-state index contributed by atoms with van der Waals surface area (Å²) < 4.78 is 7.15. The topological polar surface area (TPSA) is 12.5 Å². The van der Waals surface area contributed by atoms with Crippen LogP contribution in [0, 0.1) is 6.92 Å². The molecule has 0 N–H and O–H groups in total. The minimum Gasteiger partial charge on any atom is -0.458 e. The molecule has 0 fully saturated rings. The third-order valence-corrected chi connectivity index (χ3v) is 19.6. The van der Waals surface area contributed by atoms with Crippen molar-refractivity contribution in [2.45, 2.75) is 33.1 Å². The normalized spacial score (nSPS) is 13.9. The predicted octanol–water partition coefficient (Wildman–Crippen LogP) is 11.5. The van der Waals surface area contributed by atoms with Crippen LogP contribution in [0.15, 0.2) is 218 Å². The van der Waals surface area contributed by atoms with Gasteiger partial charge in [0.05, 0.1) is 5.69 Å². The van der Waals surface area contributed by atoms with Crippen molar-refractivity contribution in [3.8, 4) is 44.9 Å². The van der Waals surface area contributed by atoms with E-state index in [0.717, 1.165) is 28.4 Å². The van der Waals surface area contributed by atoms with Crippen molar-refractivity contribution >= 4 is 79.8 Å². The van der Waals surface area contributed by atoms with Crippen molar-refractivity contribution < 1.29 is 4.74 Å². The number of hydrogen-bond acceptors (Lipinski definition) is 2. The molecule has 0 aliphatic carbocycles.